The lowest BCUT2D eigenvalue weighted by molar-refractivity contribution is -0.147. The molecule has 1 atom stereocenters. The Bertz CT molecular complexity index is 745. The van der Waals surface area contributed by atoms with Gasteiger partial charge in [-0.05, 0) is 29.7 Å². The van der Waals surface area contributed by atoms with Gasteiger partial charge in [0, 0.05) is 54.7 Å². The van der Waals surface area contributed by atoms with Gasteiger partial charge in [-0.1, -0.05) is 47.5 Å². The van der Waals surface area contributed by atoms with E-state index < -0.39 is 5.97 Å². The topological polar surface area (TPSA) is 43.8 Å². The monoisotopic (exact) mass is 392 g/mol. The fourth-order valence-electron chi connectivity index (χ4n) is 4.02. The van der Waals surface area contributed by atoms with Crippen LogP contribution in [0.1, 0.15) is 17.9 Å². The lowest BCUT2D eigenvalue weighted by Gasteiger charge is -2.45. The van der Waals surface area contributed by atoms with E-state index in [1.165, 1.54) is 5.57 Å². The first-order chi connectivity index (χ1) is 12.5. The summed E-state index contributed by atoms with van der Waals surface area (Å²) in [6, 6.07) is 6.13. The lowest BCUT2D eigenvalue weighted by Crippen LogP contribution is -2.51. The second-order valence-corrected chi connectivity index (χ2v) is 8.27. The number of halogens is 2. The predicted molar refractivity (Wildman–Crippen MR) is 104 cm³/mol. The third kappa shape index (κ3) is 3.56. The zero-order valence-electron chi connectivity index (χ0n) is 14.4. The second-order valence-electron chi connectivity index (χ2n) is 7.46. The van der Waals surface area contributed by atoms with Crippen LogP contribution in [0.15, 0.2) is 42.0 Å². The van der Waals surface area contributed by atoms with Crippen LogP contribution >= 0.6 is 23.2 Å². The van der Waals surface area contributed by atoms with Crippen LogP contribution < -0.4 is 0 Å². The minimum absolute atomic E-state index is 0.189. The molecule has 138 valence electrons. The van der Waals surface area contributed by atoms with Crippen LogP contribution in [0, 0.1) is 5.92 Å². The summed E-state index contributed by atoms with van der Waals surface area (Å²) >= 11 is 12.6. The van der Waals surface area contributed by atoms with Crippen molar-refractivity contribution in [3.8, 4) is 0 Å². The quantitative estimate of drug-likeness (QED) is 0.829. The molecule has 0 amide bonds. The Hall–Kier alpha value is -1.33. The van der Waals surface area contributed by atoms with Crippen molar-refractivity contribution in [2.24, 2.45) is 5.92 Å². The highest BCUT2D eigenvalue weighted by atomic mass is 35.5. The predicted octanol–water partition coefficient (Wildman–Crippen LogP) is 3.66. The van der Waals surface area contributed by atoms with E-state index in [1.807, 2.05) is 18.2 Å². The summed E-state index contributed by atoms with van der Waals surface area (Å²) < 4.78 is 0. The zero-order chi connectivity index (χ0) is 18.3. The first kappa shape index (κ1) is 18.1. The van der Waals surface area contributed by atoms with Gasteiger partial charge in [-0.3, -0.25) is 14.6 Å². The molecule has 1 aliphatic carbocycles. The van der Waals surface area contributed by atoms with Crippen molar-refractivity contribution >= 4 is 29.2 Å². The molecule has 0 radical (unpaired) electrons. The van der Waals surface area contributed by atoms with Gasteiger partial charge in [0.2, 0.25) is 0 Å². The van der Waals surface area contributed by atoms with E-state index in [4.69, 9.17) is 28.3 Å². The number of carboxylic acids is 1. The van der Waals surface area contributed by atoms with Gasteiger partial charge in [-0.2, -0.15) is 0 Å². The number of rotatable bonds is 5. The van der Waals surface area contributed by atoms with Crippen molar-refractivity contribution in [3.05, 3.63) is 57.6 Å². The maximum absolute atomic E-state index is 10.9. The van der Waals surface area contributed by atoms with Crippen LogP contribution in [-0.2, 0) is 4.79 Å². The Balaban J connectivity index is 1.26. The largest absolute Gasteiger partial charge is 0.481 e. The highest BCUT2D eigenvalue weighted by Crippen LogP contribution is 2.38. The number of hydrogen-bond acceptors (Lipinski definition) is 3. The van der Waals surface area contributed by atoms with Gasteiger partial charge < -0.3 is 5.11 Å². The third-order valence-corrected chi connectivity index (χ3v) is 6.31. The Labute approximate surface area is 163 Å². The molecule has 26 heavy (non-hydrogen) atoms. The molecule has 2 fully saturated rings. The van der Waals surface area contributed by atoms with Gasteiger partial charge >= 0.3 is 5.97 Å². The van der Waals surface area contributed by atoms with E-state index in [2.05, 4.69) is 28.0 Å². The molecular formula is C20H22Cl2N2O2. The van der Waals surface area contributed by atoms with Crippen LogP contribution in [0.5, 0.6) is 0 Å². The fourth-order valence-corrected chi connectivity index (χ4v) is 4.73. The number of nitrogens with zero attached hydrogens (tertiary/aromatic N) is 2. The number of likely N-dealkylation sites (tertiary alicyclic amines) is 2. The summed E-state index contributed by atoms with van der Waals surface area (Å²) in [5.74, 6) is -0.463. The van der Waals surface area contributed by atoms with Crippen molar-refractivity contribution in [2.45, 2.75) is 18.4 Å². The summed E-state index contributed by atoms with van der Waals surface area (Å²) in [5, 5.41) is 10.5. The van der Waals surface area contributed by atoms with E-state index in [0.717, 1.165) is 41.7 Å². The average Bonchev–Trinajstić information content (AvgIpc) is 2.52. The average molecular weight is 393 g/mol. The number of carbonyl (C=O) groups is 1. The molecule has 2 heterocycles. The minimum atomic E-state index is -0.680. The molecule has 0 saturated carbocycles. The van der Waals surface area contributed by atoms with Crippen LogP contribution in [0.3, 0.4) is 0 Å². The van der Waals surface area contributed by atoms with Gasteiger partial charge in [0.1, 0.15) is 0 Å². The molecule has 4 nitrogen and oxygen atoms in total. The SMILES string of the molecule is O=C(O)C1CN(CC2=CCC(N3CC(c4c(Cl)cccc4Cl)C3)C=C2)C1. The number of aliphatic carboxylic acids is 1. The molecule has 2 saturated heterocycles. The van der Waals surface area contributed by atoms with Crippen molar-refractivity contribution in [1.82, 2.24) is 9.80 Å². The highest BCUT2D eigenvalue weighted by Gasteiger charge is 2.35. The van der Waals surface area contributed by atoms with Gasteiger partial charge in [-0.15, -0.1) is 0 Å². The fraction of sp³-hybridized carbons (Fsp3) is 0.450. The Morgan fingerprint density at radius 1 is 1.15 bits per heavy atom. The van der Waals surface area contributed by atoms with E-state index in [9.17, 15) is 4.79 Å². The third-order valence-electron chi connectivity index (χ3n) is 5.65. The Morgan fingerprint density at radius 2 is 1.85 bits per heavy atom. The maximum Gasteiger partial charge on any atom is 0.309 e. The normalized spacial score (nSPS) is 24.8. The van der Waals surface area contributed by atoms with Gasteiger partial charge in [-0.25, -0.2) is 0 Å². The number of hydrogen-bond donors (Lipinski definition) is 1. The van der Waals surface area contributed by atoms with Crippen molar-refractivity contribution in [2.75, 3.05) is 32.7 Å². The molecule has 1 unspecified atom stereocenters. The molecule has 3 aliphatic rings. The summed E-state index contributed by atoms with van der Waals surface area (Å²) in [6.45, 7) is 4.14. The van der Waals surface area contributed by atoms with Crippen LogP contribution in [0.4, 0.5) is 0 Å². The zero-order valence-corrected chi connectivity index (χ0v) is 16.0. The van der Waals surface area contributed by atoms with Crippen molar-refractivity contribution in [3.63, 3.8) is 0 Å². The smallest absolute Gasteiger partial charge is 0.309 e. The summed E-state index contributed by atoms with van der Waals surface area (Å²) in [6.07, 6.45) is 7.76. The second kappa shape index (κ2) is 7.35. The molecular weight excluding hydrogens is 371 g/mol. The van der Waals surface area contributed by atoms with Crippen LogP contribution in [0.2, 0.25) is 10.0 Å². The van der Waals surface area contributed by atoms with Gasteiger partial charge in [0.05, 0.1) is 5.92 Å². The molecule has 2 aliphatic heterocycles. The molecule has 6 heteroatoms. The van der Waals surface area contributed by atoms with Crippen molar-refractivity contribution < 1.29 is 9.90 Å². The van der Waals surface area contributed by atoms with Gasteiger partial charge in [0.15, 0.2) is 0 Å². The summed E-state index contributed by atoms with van der Waals surface area (Å²) in [4.78, 5) is 15.5. The van der Waals surface area contributed by atoms with E-state index in [1.54, 1.807) is 0 Å². The van der Waals surface area contributed by atoms with Crippen LogP contribution in [0.25, 0.3) is 0 Å². The molecule has 1 aromatic carbocycles. The van der Waals surface area contributed by atoms with E-state index in [0.29, 0.717) is 25.0 Å². The molecule has 0 spiro atoms. The first-order valence-corrected chi connectivity index (χ1v) is 9.77. The van der Waals surface area contributed by atoms with E-state index >= 15 is 0 Å². The minimum Gasteiger partial charge on any atom is -0.481 e. The number of carboxylic acid groups (broad SMARTS) is 1. The molecule has 0 aromatic heterocycles. The summed E-state index contributed by atoms with van der Waals surface area (Å²) in [7, 11) is 0. The lowest BCUT2D eigenvalue weighted by atomic mass is 9.88. The van der Waals surface area contributed by atoms with Crippen molar-refractivity contribution in [1.29, 1.82) is 0 Å². The highest BCUT2D eigenvalue weighted by molar-refractivity contribution is 6.36. The number of benzene rings is 1. The first-order valence-electron chi connectivity index (χ1n) is 9.01. The molecule has 1 aromatic rings. The molecule has 1 N–H and O–H groups in total. The standard InChI is InChI=1S/C20H22Cl2N2O2/c21-17-2-1-3-18(22)19(17)14-11-24(12-14)16-6-4-13(5-7-16)8-23-9-15(10-23)20(25)26/h1-6,14-16H,7-12H2,(H,25,26). The Kier molecular flexibility index (Phi) is 5.11. The summed E-state index contributed by atoms with van der Waals surface area (Å²) in [5.41, 5.74) is 2.37. The Morgan fingerprint density at radius 3 is 2.42 bits per heavy atom. The van der Waals surface area contributed by atoms with Crippen LogP contribution in [-0.4, -0.2) is 59.6 Å². The van der Waals surface area contributed by atoms with Gasteiger partial charge in [0.25, 0.3) is 0 Å². The molecule has 4 rings (SSSR count). The molecule has 0 bridgehead atoms. The maximum atomic E-state index is 10.9. The van der Waals surface area contributed by atoms with E-state index in [-0.39, 0.29) is 5.92 Å².